The van der Waals surface area contributed by atoms with E-state index in [1.807, 2.05) is 13.8 Å². The first kappa shape index (κ1) is 35.3. The highest BCUT2D eigenvalue weighted by atomic mass is 35.5. The number of halogens is 1. The van der Waals surface area contributed by atoms with Crippen LogP contribution in [0, 0.1) is 5.41 Å². The van der Waals surface area contributed by atoms with Crippen LogP contribution in [0.15, 0.2) is 36.4 Å². The molecule has 1 aliphatic rings. The quantitative estimate of drug-likeness (QED) is 0.237. The lowest BCUT2D eigenvalue weighted by atomic mass is 9.92. The normalized spacial score (nSPS) is 16.2. The molecule has 45 heavy (non-hydrogen) atoms. The van der Waals surface area contributed by atoms with Crippen LogP contribution in [0.4, 0.5) is 5.69 Å². The molecule has 2 aromatic carbocycles. The summed E-state index contributed by atoms with van der Waals surface area (Å²) in [6, 6.07) is 10.2. The Morgan fingerprint density at radius 3 is 2.42 bits per heavy atom. The number of fused-ring (bicyclic) bond motifs is 1. The van der Waals surface area contributed by atoms with Crippen molar-refractivity contribution < 1.29 is 47.7 Å². The third-order valence-electron chi connectivity index (χ3n) is 6.87. The second-order valence-electron chi connectivity index (χ2n) is 11.2. The van der Waals surface area contributed by atoms with Gasteiger partial charge >= 0.3 is 11.9 Å². The first-order valence-electron chi connectivity index (χ1n) is 14.3. The van der Waals surface area contributed by atoms with Crippen molar-refractivity contribution in [3.63, 3.8) is 0 Å². The van der Waals surface area contributed by atoms with Gasteiger partial charge in [-0.2, -0.15) is 0 Å². The largest absolute Gasteiger partial charge is 0.493 e. The second kappa shape index (κ2) is 15.7. The molecule has 13 heteroatoms. The predicted molar refractivity (Wildman–Crippen MR) is 164 cm³/mol. The Morgan fingerprint density at radius 2 is 1.78 bits per heavy atom. The maximum Gasteiger partial charge on any atom is 0.313 e. The Labute approximate surface area is 267 Å². The standard InChI is InChI=1S/C32H39ClN2O10/c1-7-43-28(39)14-21(37)16-34-27(38)15-26-31(40)35(17-32(3,4)18-44-19(2)36)24-12-11-20(33)13-23(24)29(45-26)22-9-8-10-25(41-5)30(22)42-6/h8-13,26,29H,7,14-18H2,1-6H3,(H,34,38). The first-order chi connectivity index (χ1) is 21.3. The molecule has 3 rings (SSSR count). The van der Waals surface area contributed by atoms with Crippen LogP contribution in [0.25, 0.3) is 0 Å². The van der Waals surface area contributed by atoms with Crippen molar-refractivity contribution in [2.45, 2.75) is 52.7 Å². The minimum absolute atomic E-state index is 0.0246. The van der Waals surface area contributed by atoms with E-state index in [2.05, 4.69) is 5.32 Å². The van der Waals surface area contributed by atoms with Crippen molar-refractivity contribution >= 4 is 46.8 Å². The number of carbonyl (C=O) groups is 5. The number of benzene rings is 2. The molecule has 244 valence electrons. The molecular formula is C32H39ClN2O10. The number of hydrogen-bond donors (Lipinski definition) is 1. The first-order valence-corrected chi connectivity index (χ1v) is 14.7. The molecule has 12 nitrogen and oxygen atoms in total. The molecule has 0 radical (unpaired) electrons. The molecule has 0 saturated heterocycles. The van der Waals surface area contributed by atoms with Crippen LogP contribution in [0.2, 0.25) is 5.02 Å². The maximum atomic E-state index is 14.3. The predicted octanol–water partition coefficient (Wildman–Crippen LogP) is 3.80. The van der Waals surface area contributed by atoms with Gasteiger partial charge in [-0.3, -0.25) is 24.0 Å². The second-order valence-corrected chi connectivity index (χ2v) is 11.6. The van der Waals surface area contributed by atoms with Gasteiger partial charge in [-0.25, -0.2) is 0 Å². The Bertz CT molecular complexity index is 1430. The highest BCUT2D eigenvalue weighted by Gasteiger charge is 2.41. The number of anilines is 1. The van der Waals surface area contributed by atoms with E-state index in [1.54, 1.807) is 43.3 Å². The van der Waals surface area contributed by atoms with Crippen molar-refractivity contribution in [1.29, 1.82) is 0 Å². The van der Waals surface area contributed by atoms with Gasteiger partial charge in [-0.15, -0.1) is 0 Å². The van der Waals surface area contributed by atoms with Gasteiger partial charge in [-0.05, 0) is 31.2 Å². The van der Waals surface area contributed by atoms with Gasteiger partial charge < -0.3 is 33.9 Å². The summed E-state index contributed by atoms with van der Waals surface area (Å²) in [5, 5.41) is 2.85. The van der Waals surface area contributed by atoms with Crippen LogP contribution in [-0.4, -0.2) is 76.2 Å². The highest BCUT2D eigenvalue weighted by Crippen LogP contribution is 2.45. The average Bonchev–Trinajstić information content (AvgIpc) is 3.08. The van der Waals surface area contributed by atoms with Gasteiger partial charge in [0.1, 0.15) is 18.6 Å². The molecule has 0 aliphatic carbocycles. The fraction of sp³-hybridized carbons (Fsp3) is 0.469. The van der Waals surface area contributed by atoms with E-state index in [0.717, 1.165) is 0 Å². The Balaban J connectivity index is 2.05. The number of Topliss-reactive ketones (excluding diaryl/α,β-unsaturated/α-hetero) is 1. The lowest BCUT2D eigenvalue weighted by Crippen LogP contribution is -2.47. The lowest BCUT2D eigenvalue weighted by Gasteiger charge is -2.33. The van der Waals surface area contributed by atoms with Gasteiger partial charge in [0.15, 0.2) is 17.3 Å². The smallest absolute Gasteiger partial charge is 0.313 e. The number of ether oxygens (including phenoxy) is 5. The van der Waals surface area contributed by atoms with Crippen LogP contribution >= 0.6 is 11.6 Å². The SMILES string of the molecule is CCOC(=O)CC(=O)CNC(=O)CC1OC(c2cccc(OC)c2OC)c2cc(Cl)ccc2N(CC(C)(C)COC(C)=O)C1=O. The van der Waals surface area contributed by atoms with Crippen LogP contribution in [-0.2, 0) is 38.2 Å². The molecule has 0 saturated carbocycles. The van der Waals surface area contributed by atoms with E-state index in [0.29, 0.717) is 33.3 Å². The third kappa shape index (κ3) is 9.41. The molecule has 0 aromatic heterocycles. The summed E-state index contributed by atoms with van der Waals surface area (Å²) in [4.78, 5) is 64.3. The molecule has 2 atom stereocenters. The van der Waals surface area contributed by atoms with Crippen molar-refractivity contribution in [1.82, 2.24) is 5.32 Å². The maximum absolute atomic E-state index is 14.3. The fourth-order valence-corrected chi connectivity index (χ4v) is 5.05. The molecule has 1 aliphatic heterocycles. The summed E-state index contributed by atoms with van der Waals surface area (Å²) in [5.41, 5.74) is 0.808. The van der Waals surface area contributed by atoms with Crippen molar-refractivity contribution in [3.8, 4) is 11.5 Å². The monoisotopic (exact) mass is 646 g/mol. The van der Waals surface area contributed by atoms with Crippen LogP contribution in [0.1, 0.15) is 57.8 Å². The van der Waals surface area contributed by atoms with Crippen molar-refractivity contribution in [2.24, 2.45) is 5.41 Å². The number of para-hydroxylation sites is 1. The average molecular weight is 647 g/mol. The number of ketones is 1. The Morgan fingerprint density at radius 1 is 1.04 bits per heavy atom. The molecule has 2 unspecified atom stereocenters. The number of rotatable bonds is 14. The van der Waals surface area contributed by atoms with Gasteiger partial charge in [0.2, 0.25) is 5.91 Å². The minimum atomic E-state index is -1.33. The molecular weight excluding hydrogens is 608 g/mol. The highest BCUT2D eigenvalue weighted by molar-refractivity contribution is 6.30. The van der Waals surface area contributed by atoms with Gasteiger partial charge in [0, 0.05) is 40.7 Å². The van der Waals surface area contributed by atoms with E-state index >= 15 is 0 Å². The van der Waals surface area contributed by atoms with Crippen LogP contribution in [0.3, 0.4) is 0 Å². The topological polar surface area (TPSA) is 147 Å². The van der Waals surface area contributed by atoms with Gasteiger partial charge in [0.05, 0.1) is 40.4 Å². The zero-order valence-electron chi connectivity index (χ0n) is 26.3. The van der Waals surface area contributed by atoms with Crippen LogP contribution < -0.4 is 19.7 Å². The zero-order chi connectivity index (χ0) is 33.3. The van der Waals surface area contributed by atoms with Crippen LogP contribution in [0.5, 0.6) is 11.5 Å². The number of nitrogens with one attached hydrogen (secondary N) is 1. The van der Waals surface area contributed by atoms with E-state index in [9.17, 15) is 24.0 Å². The van der Waals surface area contributed by atoms with E-state index in [1.165, 1.54) is 26.0 Å². The Kier molecular flexibility index (Phi) is 12.3. The lowest BCUT2D eigenvalue weighted by molar-refractivity contribution is -0.146. The summed E-state index contributed by atoms with van der Waals surface area (Å²) in [6.45, 7) is 6.41. The molecule has 0 spiro atoms. The molecule has 0 bridgehead atoms. The summed E-state index contributed by atoms with van der Waals surface area (Å²) in [5.74, 6) is -2.11. The number of esters is 2. The summed E-state index contributed by atoms with van der Waals surface area (Å²) >= 11 is 6.46. The van der Waals surface area contributed by atoms with Crippen molar-refractivity contribution in [3.05, 3.63) is 52.5 Å². The van der Waals surface area contributed by atoms with Gasteiger partial charge in [-0.1, -0.05) is 37.6 Å². The summed E-state index contributed by atoms with van der Waals surface area (Å²) in [7, 11) is 2.97. The zero-order valence-corrected chi connectivity index (χ0v) is 27.0. The summed E-state index contributed by atoms with van der Waals surface area (Å²) in [6.07, 6.45) is -3.22. The molecule has 1 heterocycles. The third-order valence-corrected chi connectivity index (χ3v) is 7.11. The molecule has 2 aromatic rings. The van der Waals surface area contributed by atoms with E-state index < -0.39 is 66.5 Å². The number of hydrogen-bond acceptors (Lipinski definition) is 10. The summed E-state index contributed by atoms with van der Waals surface area (Å²) < 4.78 is 27.7. The molecule has 2 amide bonds. The Hall–Kier alpha value is -4.16. The number of nitrogens with zero attached hydrogens (tertiary/aromatic N) is 1. The van der Waals surface area contributed by atoms with Crippen molar-refractivity contribution in [2.75, 3.05) is 45.4 Å². The number of methoxy groups -OCH3 is 2. The van der Waals surface area contributed by atoms with E-state index in [-0.39, 0.29) is 19.8 Å². The molecule has 1 N–H and O–H groups in total. The number of amides is 2. The minimum Gasteiger partial charge on any atom is -0.493 e. The van der Waals surface area contributed by atoms with Gasteiger partial charge in [0.25, 0.3) is 5.91 Å². The molecule has 0 fully saturated rings. The fourth-order valence-electron chi connectivity index (χ4n) is 4.87. The number of carbonyl (C=O) groups excluding carboxylic acids is 5. The van der Waals surface area contributed by atoms with E-state index in [4.69, 9.17) is 35.3 Å².